The molecule has 0 spiro atoms. The van der Waals surface area contributed by atoms with Gasteiger partial charge in [-0.15, -0.1) is 0 Å². The number of nitrogens with two attached hydrogens (primary N) is 1. The van der Waals surface area contributed by atoms with Crippen LogP contribution in [0, 0.1) is 0 Å². The predicted molar refractivity (Wildman–Crippen MR) is 93.5 cm³/mol. The van der Waals surface area contributed by atoms with Crippen molar-refractivity contribution < 1.29 is 18.3 Å². The van der Waals surface area contributed by atoms with Gasteiger partial charge in [-0.05, 0) is 26.7 Å². The number of nitrogens with one attached hydrogen (secondary N) is 1. The van der Waals surface area contributed by atoms with Crippen LogP contribution in [0.4, 0.5) is 5.95 Å². The van der Waals surface area contributed by atoms with E-state index in [9.17, 15) is 9.36 Å². The second kappa shape index (κ2) is 9.10. The number of unbranched alkanes of at least 4 members (excludes halogenated alkanes) is 1. The molecule has 2 aromatic rings. The third-order valence-electron chi connectivity index (χ3n) is 3.36. The monoisotopic (exact) mass is 373 g/mol. The molecular formula is C14H24N5O5P. The van der Waals surface area contributed by atoms with Crippen molar-refractivity contribution in [2.45, 2.75) is 33.4 Å². The maximum absolute atomic E-state index is 12.3. The van der Waals surface area contributed by atoms with E-state index >= 15 is 0 Å². The summed E-state index contributed by atoms with van der Waals surface area (Å²) in [6.07, 6.45) is 3.13. The summed E-state index contributed by atoms with van der Waals surface area (Å²) in [5, 5.41) is 4.43. The van der Waals surface area contributed by atoms with E-state index in [2.05, 4.69) is 15.1 Å². The summed E-state index contributed by atoms with van der Waals surface area (Å²) >= 11 is 0. The predicted octanol–water partition coefficient (Wildman–Crippen LogP) is 1.72. The van der Waals surface area contributed by atoms with Crippen LogP contribution in [0.2, 0.25) is 0 Å². The number of H-pyrrole nitrogens is 1. The normalized spacial score (nSPS) is 12.1. The van der Waals surface area contributed by atoms with Gasteiger partial charge in [-0.25, -0.2) is 4.68 Å². The zero-order valence-electron chi connectivity index (χ0n) is 14.4. The molecule has 0 aliphatic heterocycles. The summed E-state index contributed by atoms with van der Waals surface area (Å²) in [6, 6.07) is 0. The van der Waals surface area contributed by atoms with Gasteiger partial charge in [-0.2, -0.15) is 10.1 Å². The lowest BCUT2D eigenvalue weighted by molar-refractivity contribution is 0.0692. The topological polar surface area (TPSA) is 134 Å². The largest absolute Gasteiger partial charge is 0.369 e. The number of anilines is 1. The van der Waals surface area contributed by atoms with Crippen molar-refractivity contribution in [1.29, 1.82) is 0 Å². The first-order valence-electron chi connectivity index (χ1n) is 8.16. The summed E-state index contributed by atoms with van der Waals surface area (Å²) in [7, 11) is -2.99. The van der Waals surface area contributed by atoms with Gasteiger partial charge in [0.25, 0.3) is 5.56 Å². The number of ether oxygens (including phenoxy) is 1. The number of fused-ring (bicyclic) bond motifs is 1. The van der Waals surface area contributed by atoms with Crippen LogP contribution < -0.4 is 11.3 Å². The van der Waals surface area contributed by atoms with Crippen LogP contribution in [-0.2, 0) is 25.1 Å². The first kappa shape index (κ1) is 19.6. The Morgan fingerprint density at radius 3 is 2.68 bits per heavy atom. The van der Waals surface area contributed by atoms with Crippen molar-refractivity contribution in [1.82, 2.24) is 19.7 Å². The van der Waals surface area contributed by atoms with Crippen LogP contribution in [0.3, 0.4) is 0 Å². The van der Waals surface area contributed by atoms with E-state index in [1.54, 1.807) is 13.8 Å². The molecule has 0 saturated carbocycles. The third-order valence-corrected chi connectivity index (χ3v) is 5.53. The van der Waals surface area contributed by atoms with Crippen LogP contribution in [0.1, 0.15) is 26.7 Å². The van der Waals surface area contributed by atoms with Gasteiger partial charge in [0.15, 0.2) is 5.65 Å². The number of nitrogens with zero attached hydrogens (tertiary/aromatic N) is 3. The summed E-state index contributed by atoms with van der Waals surface area (Å²) in [5.41, 5.74) is 5.58. The Morgan fingerprint density at radius 1 is 1.28 bits per heavy atom. The smallest absolute Gasteiger partial charge is 0.330 e. The Bertz CT molecular complexity index is 780. The fourth-order valence-electron chi connectivity index (χ4n) is 2.30. The number of rotatable bonds is 11. The maximum Gasteiger partial charge on any atom is 0.330 e. The van der Waals surface area contributed by atoms with Crippen LogP contribution in [0.15, 0.2) is 11.0 Å². The summed E-state index contributed by atoms with van der Waals surface area (Å²) in [6.45, 7) is 4.88. The Kier molecular flexibility index (Phi) is 7.12. The summed E-state index contributed by atoms with van der Waals surface area (Å²) < 4.78 is 29.8. The van der Waals surface area contributed by atoms with Crippen molar-refractivity contribution in [2.75, 3.05) is 31.7 Å². The lowest BCUT2D eigenvalue weighted by Crippen LogP contribution is -2.13. The molecule has 10 nitrogen and oxygen atoms in total. The molecule has 0 bridgehead atoms. The summed E-state index contributed by atoms with van der Waals surface area (Å²) in [4.78, 5) is 18.2. The minimum atomic E-state index is -2.99. The number of hydrogen-bond acceptors (Lipinski definition) is 8. The number of hydrogen-bond donors (Lipinski definition) is 2. The van der Waals surface area contributed by atoms with Gasteiger partial charge in [-0.3, -0.25) is 14.3 Å². The van der Waals surface area contributed by atoms with Gasteiger partial charge in [-0.1, -0.05) is 0 Å². The molecular weight excluding hydrogens is 349 g/mol. The fourth-order valence-corrected chi connectivity index (χ4v) is 4.03. The molecule has 2 rings (SSSR count). The molecule has 25 heavy (non-hydrogen) atoms. The van der Waals surface area contributed by atoms with E-state index < -0.39 is 7.60 Å². The molecule has 0 aliphatic carbocycles. The second-order valence-electron chi connectivity index (χ2n) is 5.25. The molecule has 11 heteroatoms. The van der Waals surface area contributed by atoms with Gasteiger partial charge < -0.3 is 19.5 Å². The van der Waals surface area contributed by atoms with Crippen LogP contribution in [0.5, 0.6) is 0 Å². The maximum atomic E-state index is 12.3. The van der Waals surface area contributed by atoms with Gasteiger partial charge >= 0.3 is 7.60 Å². The van der Waals surface area contributed by atoms with Crippen LogP contribution in [-0.4, -0.2) is 45.7 Å². The minimum Gasteiger partial charge on any atom is -0.369 e. The standard InChI is InChI=1S/C14H24N5O5P/c1-3-23-25(21,24-4-2)8-6-5-7-22-10-19-12-11(9-16-19)13(20)18-14(15)17-12/h9H,3-8,10H2,1-2H3,(H3,15,17,18,20). The van der Waals surface area contributed by atoms with E-state index in [4.69, 9.17) is 19.5 Å². The van der Waals surface area contributed by atoms with Crippen molar-refractivity contribution in [3.05, 3.63) is 16.6 Å². The Labute approximate surface area is 145 Å². The molecule has 0 amide bonds. The number of aromatic amines is 1. The first-order chi connectivity index (χ1) is 12.0. The van der Waals surface area contributed by atoms with Crippen LogP contribution in [0.25, 0.3) is 11.0 Å². The fraction of sp³-hybridized carbons (Fsp3) is 0.643. The molecule has 3 N–H and O–H groups in total. The van der Waals surface area contributed by atoms with E-state index in [0.717, 1.165) is 0 Å². The van der Waals surface area contributed by atoms with Crippen molar-refractivity contribution in [3.63, 3.8) is 0 Å². The lowest BCUT2D eigenvalue weighted by atomic mass is 10.4. The van der Waals surface area contributed by atoms with Gasteiger partial charge in [0.2, 0.25) is 5.95 Å². The van der Waals surface area contributed by atoms with Crippen molar-refractivity contribution >= 4 is 24.6 Å². The zero-order valence-corrected chi connectivity index (χ0v) is 15.3. The SMILES string of the molecule is CCOP(=O)(CCCCOCn1ncc2c(=O)[nH]c(N)nc21)OCC. The van der Waals surface area contributed by atoms with Gasteiger partial charge in [0.05, 0.1) is 25.6 Å². The van der Waals surface area contributed by atoms with E-state index in [0.29, 0.717) is 49.9 Å². The second-order valence-corrected chi connectivity index (χ2v) is 7.43. The highest BCUT2D eigenvalue weighted by Gasteiger charge is 2.22. The molecule has 0 radical (unpaired) electrons. The quantitative estimate of drug-likeness (QED) is 0.449. The molecule has 0 fully saturated rings. The average molecular weight is 373 g/mol. The lowest BCUT2D eigenvalue weighted by Gasteiger charge is -2.16. The minimum absolute atomic E-state index is 0.0295. The Balaban J connectivity index is 1.78. The Morgan fingerprint density at radius 2 is 2.00 bits per heavy atom. The highest BCUT2D eigenvalue weighted by Crippen LogP contribution is 2.48. The molecule has 0 unspecified atom stereocenters. The molecule has 2 heterocycles. The molecule has 0 aromatic carbocycles. The van der Waals surface area contributed by atoms with E-state index in [1.165, 1.54) is 10.9 Å². The third kappa shape index (κ3) is 5.37. The van der Waals surface area contributed by atoms with Gasteiger partial charge in [0.1, 0.15) is 12.1 Å². The van der Waals surface area contributed by atoms with E-state index in [-0.39, 0.29) is 18.2 Å². The molecule has 140 valence electrons. The van der Waals surface area contributed by atoms with Crippen molar-refractivity contribution in [3.8, 4) is 0 Å². The van der Waals surface area contributed by atoms with Crippen LogP contribution >= 0.6 is 7.60 Å². The summed E-state index contributed by atoms with van der Waals surface area (Å²) in [5.74, 6) is 0.0295. The molecule has 0 aliphatic rings. The van der Waals surface area contributed by atoms with Gasteiger partial charge in [0, 0.05) is 6.61 Å². The molecule has 0 saturated heterocycles. The van der Waals surface area contributed by atoms with E-state index in [1.807, 2.05) is 0 Å². The van der Waals surface area contributed by atoms with Crippen molar-refractivity contribution in [2.24, 2.45) is 0 Å². The highest BCUT2D eigenvalue weighted by atomic mass is 31.2. The first-order valence-corrected chi connectivity index (χ1v) is 9.89. The molecule has 2 aromatic heterocycles. The number of nitrogen functional groups attached to an aromatic ring is 1. The average Bonchev–Trinajstić information content (AvgIpc) is 2.94. The Hall–Kier alpha value is -1.74. The molecule has 0 atom stereocenters. The number of aromatic nitrogens is 4. The zero-order chi connectivity index (χ0) is 18.3. The highest BCUT2D eigenvalue weighted by molar-refractivity contribution is 7.53.